The average molecular weight is 271 g/mol. The van der Waals surface area contributed by atoms with Crippen molar-refractivity contribution in [3.05, 3.63) is 16.4 Å². The Morgan fingerprint density at radius 2 is 2.21 bits per heavy atom. The van der Waals surface area contributed by atoms with Crippen molar-refractivity contribution in [2.75, 3.05) is 38.0 Å². The van der Waals surface area contributed by atoms with Crippen LogP contribution in [0.15, 0.2) is 6.33 Å². The van der Waals surface area contributed by atoms with Gasteiger partial charge in [0.15, 0.2) is 0 Å². The van der Waals surface area contributed by atoms with E-state index in [0.717, 1.165) is 0 Å². The molecule has 0 saturated carbocycles. The number of hydrogen-bond donors (Lipinski definition) is 3. The molecule has 1 atom stereocenters. The third kappa shape index (κ3) is 4.00. The first-order chi connectivity index (χ1) is 9.13. The van der Waals surface area contributed by atoms with E-state index in [1.807, 2.05) is 0 Å². The minimum Gasteiger partial charge on any atom is -0.396 e. The minimum absolute atomic E-state index is 0.0568. The third-order valence-corrected chi connectivity index (χ3v) is 2.43. The lowest BCUT2D eigenvalue weighted by atomic mass is 10.2. The fourth-order valence-corrected chi connectivity index (χ4v) is 1.59. The normalized spacial score (nSPS) is 11.9. The SMILES string of the molecule is CNc1ncnc(NC(CCO)COC)c1[N+](=O)[O-]. The van der Waals surface area contributed by atoms with Crippen molar-refractivity contribution in [3.8, 4) is 0 Å². The summed E-state index contributed by atoms with van der Waals surface area (Å²) in [6, 6.07) is -0.270. The van der Waals surface area contributed by atoms with E-state index in [1.54, 1.807) is 7.05 Å². The second-order valence-corrected chi connectivity index (χ2v) is 3.74. The highest BCUT2D eigenvalue weighted by atomic mass is 16.6. The first-order valence-electron chi connectivity index (χ1n) is 5.67. The maximum absolute atomic E-state index is 11.1. The molecule has 1 aromatic rings. The fraction of sp³-hybridized carbons (Fsp3) is 0.600. The van der Waals surface area contributed by atoms with E-state index in [0.29, 0.717) is 13.0 Å². The number of nitrogens with zero attached hydrogens (tertiary/aromatic N) is 3. The summed E-state index contributed by atoms with van der Waals surface area (Å²) in [7, 11) is 3.05. The van der Waals surface area contributed by atoms with E-state index < -0.39 is 4.92 Å². The van der Waals surface area contributed by atoms with Crippen LogP contribution in [0.2, 0.25) is 0 Å². The molecule has 0 saturated heterocycles. The molecule has 3 N–H and O–H groups in total. The fourth-order valence-electron chi connectivity index (χ4n) is 1.59. The quantitative estimate of drug-likeness (QED) is 0.454. The van der Waals surface area contributed by atoms with Gasteiger partial charge in [0.25, 0.3) is 0 Å². The number of anilines is 2. The van der Waals surface area contributed by atoms with Gasteiger partial charge in [-0.2, -0.15) is 0 Å². The van der Waals surface area contributed by atoms with Gasteiger partial charge in [-0.1, -0.05) is 0 Å². The van der Waals surface area contributed by atoms with Crippen LogP contribution in [0.25, 0.3) is 0 Å². The Morgan fingerprint density at radius 3 is 2.74 bits per heavy atom. The number of nitrogens with one attached hydrogen (secondary N) is 2. The number of aliphatic hydroxyl groups is 1. The van der Waals surface area contributed by atoms with Crippen molar-refractivity contribution >= 4 is 17.3 Å². The van der Waals surface area contributed by atoms with Crippen LogP contribution in [0, 0.1) is 10.1 Å². The zero-order valence-electron chi connectivity index (χ0n) is 10.8. The zero-order valence-corrected chi connectivity index (χ0v) is 10.8. The lowest BCUT2D eigenvalue weighted by molar-refractivity contribution is -0.383. The number of nitro groups is 1. The van der Waals surface area contributed by atoms with Gasteiger partial charge in [-0.3, -0.25) is 10.1 Å². The van der Waals surface area contributed by atoms with Gasteiger partial charge in [0.2, 0.25) is 11.6 Å². The van der Waals surface area contributed by atoms with Gasteiger partial charge in [0, 0.05) is 20.8 Å². The van der Waals surface area contributed by atoms with Crippen LogP contribution in [0.4, 0.5) is 17.3 Å². The van der Waals surface area contributed by atoms with E-state index in [9.17, 15) is 10.1 Å². The highest BCUT2D eigenvalue weighted by molar-refractivity contribution is 5.69. The molecular weight excluding hydrogens is 254 g/mol. The first kappa shape index (κ1) is 15.1. The molecule has 1 aromatic heterocycles. The van der Waals surface area contributed by atoms with E-state index in [2.05, 4.69) is 20.6 Å². The van der Waals surface area contributed by atoms with Crippen molar-refractivity contribution in [3.63, 3.8) is 0 Å². The summed E-state index contributed by atoms with van der Waals surface area (Å²) in [4.78, 5) is 18.2. The smallest absolute Gasteiger partial charge is 0.353 e. The number of ether oxygens (including phenoxy) is 1. The van der Waals surface area contributed by atoms with Crippen LogP contribution in [0.5, 0.6) is 0 Å². The summed E-state index contributed by atoms with van der Waals surface area (Å²) >= 11 is 0. The van der Waals surface area contributed by atoms with Crippen LogP contribution < -0.4 is 10.6 Å². The topological polar surface area (TPSA) is 122 Å². The number of aliphatic hydroxyl groups excluding tert-OH is 1. The van der Waals surface area contributed by atoms with Crippen molar-refractivity contribution in [1.29, 1.82) is 0 Å². The predicted octanol–water partition coefficient (Wildman–Crippen LogP) is 0.236. The zero-order chi connectivity index (χ0) is 14.3. The van der Waals surface area contributed by atoms with Crippen molar-refractivity contribution in [1.82, 2.24) is 9.97 Å². The monoisotopic (exact) mass is 271 g/mol. The van der Waals surface area contributed by atoms with Gasteiger partial charge in [0.05, 0.1) is 17.6 Å². The summed E-state index contributed by atoms with van der Waals surface area (Å²) in [6.07, 6.45) is 1.62. The Labute approximate surface area is 110 Å². The van der Waals surface area contributed by atoms with E-state index in [1.165, 1.54) is 13.4 Å². The largest absolute Gasteiger partial charge is 0.396 e. The lowest BCUT2D eigenvalue weighted by Crippen LogP contribution is -2.27. The molecule has 106 valence electrons. The van der Waals surface area contributed by atoms with E-state index in [-0.39, 0.29) is 30.0 Å². The van der Waals surface area contributed by atoms with Crippen molar-refractivity contribution in [2.24, 2.45) is 0 Å². The molecule has 0 aliphatic rings. The van der Waals surface area contributed by atoms with Gasteiger partial charge in [-0.05, 0) is 6.42 Å². The summed E-state index contributed by atoms with van der Waals surface area (Å²) in [5.74, 6) is 0.225. The molecule has 0 aliphatic heterocycles. The molecule has 0 fully saturated rings. The van der Waals surface area contributed by atoms with Crippen molar-refractivity contribution < 1.29 is 14.8 Å². The Morgan fingerprint density at radius 1 is 1.53 bits per heavy atom. The number of methoxy groups -OCH3 is 1. The molecule has 0 aromatic carbocycles. The minimum atomic E-state index is -0.559. The maximum atomic E-state index is 11.1. The second kappa shape index (κ2) is 7.44. The van der Waals surface area contributed by atoms with E-state index >= 15 is 0 Å². The highest BCUT2D eigenvalue weighted by Gasteiger charge is 2.23. The molecule has 9 heteroatoms. The van der Waals surface area contributed by atoms with Gasteiger partial charge < -0.3 is 20.5 Å². The number of rotatable bonds is 8. The molecule has 0 aliphatic carbocycles. The summed E-state index contributed by atoms with van der Waals surface area (Å²) in [5, 5.41) is 25.5. The molecule has 1 unspecified atom stereocenters. The van der Waals surface area contributed by atoms with E-state index in [4.69, 9.17) is 9.84 Å². The average Bonchev–Trinajstić information content (AvgIpc) is 2.38. The molecule has 0 bridgehead atoms. The number of aromatic nitrogens is 2. The standard InChI is InChI=1S/C10H17N5O4/c1-11-9-8(15(17)18)10(13-6-12-9)14-7(3-4-16)5-19-2/h6-7,16H,3-5H2,1-2H3,(H2,11,12,13,14). The number of hydrogen-bond acceptors (Lipinski definition) is 8. The molecule has 9 nitrogen and oxygen atoms in total. The third-order valence-electron chi connectivity index (χ3n) is 2.43. The van der Waals surface area contributed by atoms with Crippen LogP contribution in [-0.4, -0.2) is 53.4 Å². The van der Waals surface area contributed by atoms with Gasteiger partial charge in [-0.25, -0.2) is 9.97 Å². The van der Waals surface area contributed by atoms with Crippen LogP contribution in [-0.2, 0) is 4.74 Å². The lowest BCUT2D eigenvalue weighted by Gasteiger charge is -2.17. The summed E-state index contributed by atoms with van der Waals surface area (Å²) in [6.45, 7) is 0.245. The van der Waals surface area contributed by atoms with Crippen LogP contribution in [0.1, 0.15) is 6.42 Å². The van der Waals surface area contributed by atoms with Gasteiger partial charge in [0.1, 0.15) is 6.33 Å². The van der Waals surface area contributed by atoms with Gasteiger partial charge in [-0.15, -0.1) is 0 Å². The Balaban J connectivity index is 3.01. The molecule has 0 amide bonds. The highest BCUT2D eigenvalue weighted by Crippen LogP contribution is 2.28. The van der Waals surface area contributed by atoms with Gasteiger partial charge >= 0.3 is 5.69 Å². The summed E-state index contributed by atoms with van der Waals surface area (Å²) < 4.78 is 4.98. The first-order valence-corrected chi connectivity index (χ1v) is 5.67. The molecule has 1 heterocycles. The van der Waals surface area contributed by atoms with Crippen LogP contribution >= 0.6 is 0 Å². The molecule has 1 rings (SSSR count). The molecule has 0 spiro atoms. The second-order valence-electron chi connectivity index (χ2n) is 3.74. The Bertz CT molecular complexity index is 422. The van der Waals surface area contributed by atoms with Crippen molar-refractivity contribution in [2.45, 2.75) is 12.5 Å². The maximum Gasteiger partial charge on any atom is 0.353 e. The molecule has 0 radical (unpaired) electrons. The molecular formula is C10H17N5O4. The Hall–Kier alpha value is -2.00. The van der Waals surface area contributed by atoms with Crippen LogP contribution in [0.3, 0.4) is 0 Å². The Kier molecular flexibility index (Phi) is 5.90. The summed E-state index contributed by atoms with van der Waals surface area (Å²) in [5.41, 5.74) is -0.232. The predicted molar refractivity (Wildman–Crippen MR) is 69.2 cm³/mol. The molecule has 19 heavy (non-hydrogen) atoms.